The summed E-state index contributed by atoms with van der Waals surface area (Å²) in [4.78, 5) is 4.76. The first-order chi connectivity index (χ1) is 13.2. The fourth-order valence-electron chi connectivity index (χ4n) is 2.66. The van der Waals surface area contributed by atoms with Crippen molar-refractivity contribution in [1.29, 1.82) is 0 Å². The fraction of sp³-hybridized carbons (Fsp3) is 0.150. The third-order valence-corrected chi connectivity index (χ3v) is 5.98. The summed E-state index contributed by atoms with van der Waals surface area (Å²) in [6, 6.07) is 16.3. The molecule has 136 valence electrons. The van der Waals surface area contributed by atoms with Gasteiger partial charge in [0.1, 0.15) is 17.1 Å². The number of hydrogen-bond donors (Lipinski definition) is 0. The van der Waals surface area contributed by atoms with Crippen LogP contribution in [-0.4, -0.2) is 26.9 Å². The Hall–Kier alpha value is -2.64. The van der Waals surface area contributed by atoms with Crippen LogP contribution in [0.15, 0.2) is 65.4 Å². The van der Waals surface area contributed by atoms with Crippen molar-refractivity contribution in [2.75, 3.05) is 7.11 Å². The molecule has 0 aliphatic rings. The highest BCUT2D eigenvalue weighted by atomic mass is 32.2. The van der Waals surface area contributed by atoms with E-state index in [-0.39, 0.29) is 0 Å². The van der Waals surface area contributed by atoms with Gasteiger partial charge in [0.15, 0.2) is 5.16 Å². The number of aromatic nitrogens is 4. The lowest BCUT2D eigenvalue weighted by atomic mass is 10.2. The second-order valence-electron chi connectivity index (χ2n) is 5.95. The minimum atomic E-state index is 0.732. The second-order valence-corrected chi connectivity index (χ2v) is 7.75. The van der Waals surface area contributed by atoms with Gasteiger partial charge in [-0.1, -0.05) is 53.7 Å². The molecule has 4 rings (SSSR count). The van der Waals surface area contributed by atoms with Crippen molar-refractivity contribution < 1.29 is 4.74 Å². The molecule has 7 heteroatoms. The van der Waals surface area contributed by atoms with Gasteiger partial charge in [-0.2, -0.15) is 0 Å². The number of thioether (sulfide) groups is 1. The number of rotatable bonds is 6. The number of methoxy groups -OCH3 is 1. The number of ether oxygens (including phenoxy) is 1. The predicted octanol–water partition coefficient (Wildman–Crippen LogP) is 5.00. The molecule has 0 bridgehead atoms. The fourth-order valence-corrected chi connectivity index (χ4v) is 4.40. The van der Waals surface area contributed by atoms with Crippen molar-refractivity contribution in [1.82, 2.24) is 19.7 Å². The molecule has 0 fully saturated rings. The number of benzene rings is 2. The van der Waals surface area contributed by atoms with Crippen LogP contribution in [0.1, 0.15) is 11.3 Å². The lowest BCUT2D eigenvalue weighted by molar-refractivity contribution is 0.412. The summed E-state index contributed by atoms with van der Waals surface area (Å²) in [5.41, 5.74) is 4.36. The average Bonchev–Trinajstić information content (AvgIpc) is 3.36. The summed E-state index contributed by atoms with van der Waals surface area (Å²) in [7, 11) is 1.66. The molecule has 2 aromatic heterocycles. The van der Waals surface area contributed by atoms with Gasteiger partial charge in [0, 0.05) is 16.7 Å². The molecule has 0 radical (unpaired) electrons. The van der Waals surface area contributed by atoms with E-state index in [1.165, 1.54) is 5.56 Å². The maximum absolute atomic E-state index is 5.45. The molecule has 4 aromatic rings. The SMILES string of the molecule is COc1ccccc1-n1cnnc1SCc1csc(-c2ccc(C)cc2)n1. The van der Waals surface area contributed by atoms with Crippen LogP contribution in [0.2, 0.25) is 0 Å². The van der Waals surface area contributed by atoms with E-state index in [2.05, 4.69) is 46.8 Å². The van der Waals surface area contributed by atoms with Crippen LogP contribution in [0.5, 0.6) is 5.75 Å². The zero-order valence-corrected chi connectivity index (χ0v) is 16.6. The van der Waals surface area contributed by atoms with Crippen molar-refractivity contribution in [3.05, 3.63) is 71.5 Å². The van der Waals surface area contributed by atoms with E-state index in [0.29, 0.717) is 0 Å². The predicted molar refractivity (Wildman–Crippen MR) is 110 cm³/mol. The maximum Gasteiger partial charge on any atom is 0.196 e. The van der Waals surface area contributed by atoms with E-state index in [9.17, 15) is 0 Å². The van der Waals surface area contributed by atoms with Crippen LogP contribution in [0, 0.1) is 6.92 Å². The highest BCUT2D eigenvalue weighted by molar-refractivity contribution is 7.98. The zero-order chi connectivity index (χ0) is 18.6. The van der Waals surface area contributed by atoms with Gasteiger partial charge in [-0.15, -0.1) is 21.5 Å². The number of aryl methyl sites for hydroxylation is 1. The third kappa shape index (κ3) is 3.89. The Morgan fingerprint density at radius 3 is 2.74 bits per heavy atom. The number of nitrogens with zero attached hydrogens (tertiary/aromatic N) is 4. The molecule has 0 amide bonds. The van der Waals surface area contributed by atoms with Crippen LogP contribution >= 0.6 is 23.1 Å². The maximum atomic E-state index is 5.45. The van der Waals surface area contributed by atoms with Crippen molar-refractivity contribution in [2.24, 2.45) is 0 Å². The first-order valence-electron chi connectivity index (χ1n) is 8.42. The Kier molecular flexibility index (Phi) is 5.22. The minimum Gasteiger partial charge on any atom is -0.495 e. The minimum absolute atomic E-state index is 0.732. The van der Waals surface area contributed by atoms with Crippen LogP contribution < -0.4 is 4.74 Å². The van der Waals surface area contributed by atoms with E-state index >= 15 is 0 Å². The Morgan fingerprint density at radius 2 is 1.93 bits per heavy atom. The van der Waals surface area contributed by atoms with Crippen LogP contribution in [-0.2, 0) is 5.75 Å². The van der Waals surface area contributed by atoms with Gasteiger partial charge < -0.3 is 4.74 Å². The monoisotopic (exact) mass is 394 g/mol. The highest BCUT2D eigenvalue weighted by Crippen LogP contribution is 2.30. The molecule has 0 saturated heterocycles. The van der Waals surface area contributed by atoms with Gasteiger partial charge in [0.25, 0.3) is 0 Å². The standard InChI is InChI=1S/C20H18N4OS2/c1-14-7-9-15(10-8-14)19-22-16(11-26-19)12-27-20-23-21-13-24(20)17-5-3-4-6-18(17)25-2/h3-11,13H,12H2,1-2H3. The van der Waals surface area contributed by atoms with Crippen molar-refractivity contribution in [2.45, 2.75) is 17.8 Å². The zero-order valence-electron chi connectivity index (χ0n) is 15.0. The molecule has 0 spiro atoms. The summed E-state index contributed by atoms with van der Waals surface area (Å²) in [6.07, 6.45) is 1.71. The van der Waals surface area contributed by atoms with Gasteiger partial charge in [-0.25, -0.2) is 4.98 Å². The van der Waals surface area contributed by atoms with Gasteiger partial charge in [0.05, 0.1) is 18.5 Å². The van der Waals surface area contributed by atoms with Gasteiger partial charge in [-0.3, -0.25) is 4.57 Å². The van der Waals surface area contributed by atoms with Crippen molar-refractivity contribution in [3.63, 3.8) is 0 Å². The van der Waals surface area contributed by atoms with Crippen LogP contribution in [0.4, 0.5) is 0 Å². The molecular weight excluding hydrogens is 376 g/mol. The summed E-state index contributed by atoms with van der Waals surface area (Å²) in [6.45, 7) is 2.09. The number of thiazole rings is 1. The van der Waals surface area contributed by atoms with Gasteiger partial charge in [0.2, 0.25) is 0 Å². The van der Waals surface area contributed by atoms with Gasteiger partial charge >= 0.3 is 0 Å². The Labute approximate surface area is 166 Å². The Balaban J connectivity index is 1.51. The Bertz CT molecular complexity index is 1040. The molecule has 0 atom stereocenters. The van der Waals surface area contributed by atoms with Crippen LogP contribution in [0.3, 0.4) is 0 Å². The molecule has 0 N–H and O–H groups in total. The van der Waals surface area contributed by atoms with E-state index in [4.69, 9.17) is 9.72 Å². The van der Waals surface area contributed by atoms with Crippen LogP contribution in [0.25, 0.3) is 16.3 Å². The second kappa shape index (κ2) is 7.94. The van der Waals surface area contributed by atoms with Crippen molar-refractivity contribution >= 4 is 23.1 Å². The third-order valence-electron chi connectivity index (χ3n) is 4.06. The lowest BCUT2D eigenvalue weighted by Gasteiger charge is -2.10. The van der Waals surface area contributed by atoms with E-state index in [1.807, 2.05) is 28.8 Å². The summed E-state index contributed by atoms with van der Waals surface area (Å²) >= 11 is 3.27. The Morgan fingerprint density at radius 1 is 1.11 bits per heavy atom. The normalized spacial score (nSPS) is 10.9. The average molecular weight is 395 g/mol. The summed E-state index contributed by atoms with van der Waals surface area (Å²) < 4.78 is 7.39. The topological polar surface area (TPSA) is 52.8 Å². The first kappa shape index (κ1) is 17.8. The molecule has 2 heterocycles. The van der Waals surface area contributed by atoms with E-state index in [1.54, 1.807) is 36.5 Å². The molecule has 27 heavy (non-hydrogen) atoms. The van der Waals surface area contributed by atoms with E-state index < -0.39 is 0 Å². The highest BCUT2D eigenvalue weighted by Gasteiger charge is 2.12. The first-order valence-corrected chi connectivity index (χ1v) is 10.3. The summed E-state index contributed by atoms with van der Waals surface area (Å²) in [5, 5.41) is 12.3. The number of para-hydroxylation sites is 2. The molecule has 0 unspecified atom stereocenters. The summed E-state index contributed by atoms with van der Waals surface area (Å²) in [5.74, 6) is 1.52. The largest absolute Gasteiger partial charge is 0.495 e. The molecule has 0 saturated carbocycles. The molecular formula is C20H18N4OS2. The molecule has 0 aliphatic heterocycles. The number of hydrogen-bond acceptors (Lipinski definition) is 6. The quantitative estimate of drug-likeness (QED) is 0.431. The molecule has 5 nitrogen and oxygen atoms in total. The van der Waals surface area contributed by atoms with E-state index in [0.717, 1.165) is 38.6 Å². The lowest BCUT2D eigenvalue weighted by Crippen LogP contribution is -1.98. The molecule has 2 aromatic carbocycles. The molecule has 0 aliphatic carbocycles. The van der Waals surface area contributed by atoms with Gasteiger partial charge in [-0.05, 0) is 19.1 Å². The smallest absolute Gasteiger partial charge is 0.196 e. The van der Waals surface area contributed by atoms with Crippen molar-refractivity contribution in [3.8, 4) is 22.0 Å².